The summed E-state index contributed by atoms with van der Waals surface area (Å²) < 4.78 is 16.7. The average Bonchev–Trinajstić information content (AvgIpc) is 2.65. The van der Waals surface area contributed by atoms with Crippen LogP contribution < -0.4 is 19.5 Å². The van der Waals surface area contributed by atoms with Crippen molar-refractivity contribution >= 4 is 21.8 Å². The molecule has 0 fully saturated rings. The van der Waals surface area contributed by atoms with Crippen molar-refractivity contribution in [2.45, 2.75) is 13.0 Å². The molecule has 6 nitrogen and oxygen atoms in total. The van der Waals surface area contributed by atoms with Crippen LogP contribution in [0.4, 0.5) is 0 Å². The van der Waals surface area contributed by atoms with Gasteiger partial charge in [0.05, 0.1) is 31.2 Å². The molecule has 0 saturated heterocycles. The summed E-state index contributed by atoms with van der Waals surface area (Å²) in [6, 6.07) is 12.9. The van der Waals surface area contributed by atoms with Crippen molar-refractivity contribution in [3.05, 3.63) is 52.0 Å². The van der Waals surface area contributed by atoms with Gasteiger partial charge in [0.25, 0.3) is 5.91 Å². The molecule has 26 heavy (non-hydrogen) atoms. The number of amides is 1. The second-order valence-corrected chi connectivity index (χ2v) is 6.17. The third-order valence-electron chi connectivity index (χ3n) is 3.60. The Morgan fingerprint density at radius 2 is 1.96 bits per heavy atom. The van der Waals surface area contributed by atoms with E-state index >= 15 is 0 Å². The fraction of sp³-hybridized carbons (Fsp3) is 0.263. The van der Waals surface area contributed by atoms with Gasteiger partial charge >= 0.3 is 0 Å². The van der Waals surface area contributed by atoms with Crippen molar-refractivity contribution in [2.75, 3.05) is 20.8 Å². The van der Waals surface area contributed by atoms with E-state index in [1.165, 1.54) is 0 Å². The van der Waals surface area contributed by atoms with Gasteiger partial charge in [0, 0.05) is 12.1 Å². The molecule has 0 saturated carbocycles. The highest BCUT2D eigenvalue weighted by atomic mass is 79.9. The number of nitrogens with zero attached hydrogens (tertiary/aromatic N) is 1. The molecule has 0 unspecified atom stereocenters. The van der Waals surface area contributed by atoms with E-state index in [1.54, 1.807) is 38.5 Å². The van der Waals surface area contributed by atoms with Gasteiger partial charge in [0.2, 0.25) is 0 Å². The average molecular weight is 419 g/mol. The Balaban J connectivity index is 1.93. The first-order valence-corrected chi connectivity index (χ1v) is 8.63. The minimum absolute atomic E-state index is 0.145. The molecule has 1 N–H and O–H groups in total. The van der Waals surface area contributed by atoms with Crippen LogP contribution in [-0.2, 0) is 17.8 Å². The van der Waals surface area contributed by atoms with Gasteiger partial charge in [0.1, 0.15) is 5.75 Å². The SMILES string of the molecule is COc1ccc(CNC(=O)COc2c(Br)cccc2CC#N)cc1OC. The predicted octanol–water partition coefficient (Wildman–Crippen LogP) is 3.23. The summed E-state index contributed by atoms with van der Waals surface area (Å²) in [4.78, 5) is 12.1. The Kier molecular flexibility index (Phi) is 7.30. The Morgan fingerprint density at radius 1 is 1.19 bits per heavy atom. The van der Waals surface area contributed by atoms with Gasteiger partial charge in [-0.3, -0.25) is 4.79 Å². The molecular weight excluding hydrogens is 400 g/mol. The number of ether oxygens (including phenoxy) is 3. The zero-order valence-corrected chi connectivity index (χ0v) is 16.1. The number of methoxy groups -OCH3 is 2. The van der Waals surface area contributed by atoms with E-state index in [2.05, 4.69) is 27.3 Å². The molecule has 0 radical (unpaired) electrons. The summed E-state index contributed by atoms with van der Waals surface area (Å²) in [6.07, 6.45) is 0.210. The number of hydrogen-bond acceptors (Lipinski definition) is 5. The van der Waals surface area contributed by atoms with Gasteiger partial charge in [-0.1, -0.05) is 18.2 Å². The van der Waals surface area contributed by atoms with Crippen LogP contribution in [0.25, 0.3) is 0 Å². The molecule has 0 aliphatic heterocycles. The number of para-hydroxylation sites is 1. The fourth-order valence-electron chi connectivity index (χ4n) is 2.32. The Morgan fingerprint density at radius 3 is 2.65 bits per heavy atom. The van der Waals surface area contributed by atoms with Gasteiger partial charge < -0.3 is 19.5 Å². The molecule has 0 aromatic heterocycles. The maximum absolute atomic E-state index is 12.1. The van der Waals surface area contributed by atoms with Crippen molar-refractivity contribution in [1.29, 1.82) is 5.26 Å². The summed E-state index contributed by atoms with van der Waals surface area (Å²) >= 11 is 3.38. The second kappa shape index (κ2) is 9.68. The van der Waals surface area contributed by atoms with Gasteiger partial charge in [-0.25, -0.2) is 0 Å². The maximum Gasteiger partial charge on any atom is 0.258 e. The molecule has 136 valence electrons. The third-order valence-corrected chi connectivity index (χ3v) is 4.23. The van der Waals surface area contributed by atoms with E-state index < -0.39 is 0 Å². The van der Waals surface area contributed by atoms with Crippen molar-refractivity contribution < 1.29 is 19.0 Å². The first-order valence-electron chi connectivity index (χ1n) is 7.83. The van der Waals surface area contributed by atoms with Crippen LogP contribution in [0, 0.1) is 11.3 Å². The minimum Gasteiger partial charge on any atom is -0.493 e. The summed E-state index contributed by atoms with van der Waals surface area (Å²) in [5.41, 5.74) is 1.61. The zero-order valence-electron chi connectivity index (χ0n) is 14.5. The summed E-state index contributed by atoms with van der Waals surface area (Å²) in [6.45, 7) is 0.192. The van der Waals surface area contributed by atoms with Crippen LogP contribution in [-0.4, -0.2) is 26.7 Å². The molecule has 2 rings (SSSR count). The lowest BCUT2D eigenvalue weighted by atomic mass is 10.1. The summed E-state index contributed by atoms with van der Waals surface area (Å²) in [7, 11) is 3.13. The number of benzene rings is 2. The molecule has 1 amide bonds. The van der Waals surface area contributed by atoms with Crippen LogP contribution in [0.2, 0.25) is 0 Å². The van der Waals surface area contributed by atoms with Crippen LogP contribution in [0.1, 0.15) is 11.1 Å². The monoisotopic (exact) mass is 418 g/mol. The Hall–Kier alpha value is -2.72. The smallest absolute Gasteiger partial charge is 0.258 e. The number of carbonyl (C=O) groups excluding carboxylic acids is 1. The molecule has 0 heterocycles. The van der Waals surface area contributed by atoms with Gasteiger partial charge in [-0.15, -0.1) is 0 Å². The van der Waals surface area contributed by atoms with Crippen LogP contribution in [0.3, 0.4) is 0 Å². The van der Waals surface area contributed by atoms with E-state index in [0.717, 1.165) is 11.1 Å². The predicted molar refractivity (Wildman–Crippen MR) is 100 cm³/mol. The summed E-state index contributed by atoms with van der Waals surface area (Å²) in [5, 5.41) is 11.7. The molecule has 7 heteroatoms. The van der Waals surface area contributed by atoms with Gasteiger partial charge in [-0.2, -0.15) is 5.26 Å². The molecule has 0 spiro atoms. The van der Waals surface area contributed by atoms with E-state index in [9.17, 15) is 4.79 Å². The zero-order chi connectivity index (χ0) is 18.9. The molecule has 2 aromatic rings. The van der Waals surface area contributed by atoms with Crippen molar-refractivity contribution in [3.8, 4) is 23.3 Å². The van der Waals surface area contributed by atoms with Crippen LogP contribution in [0.15, 0.2) is 40.9 Å². The quantitative estimate of drug-likeness (QED) is 0.711. The first-order chi connectivity index (χ1) is 12.6. The number of carbonyl (C=O) groups is 1. The topological polar surface area (TPSA) is 80.6 Å². The van der Waals surface area contributed by atoms with Crippen LogP contribution >= 0.6 is 15.9 Å². The largest absolute Gasteiger partial charge is 0.493 e. The highest BCUT2D eigenvalue weighted by Crippen LogP contribution is 2.29. The lowest BCUT2D eigenvalue weighted by Crippen LogP contribution is -2.28. The number of hydrogen-bond donors (Lipinski definition) is 1. The molecule has 0 atom stereocenters. The van der Waals surface area contributed by atoms with E-state index in [4.69, 9.17) is 19.5 Å². The third kappa shape index (κ3) is 5.14. The molecular formula is C19H19BrN2O4. The maximum atomic E-state index is 12.1. The molecule has 0 aliphatic rings. The summed E-state index contributed by atoms with van der Waals surface area (Å²) in [5.74, 6) is 1.48. The molecule has 2 aromatic carbocycles. The standard InChI is InChI=1S/C19H19BrN2O4/c1-24-16-7-6-13(10-17(16)25-2)11-22-18(23)12-26-19-14(8-9-21)4-3-5-15(19)20/h3-7,10H,8,11-12H2,1-2H3,(H,22,23). The van der Waals surface area contributed by atoms with Crippen LogP contribution in [0.5, 0.6) is 17.2 Å². The van der Waals surface area contributed by atoms with E-state index in [0.29, 0.717) is 28.3 Å². The lowest BCUT2D eigenvalue weighted by molar-refractivity contribution is -0.123. The number of rotatable bonds is 8. The Bertz CT molecular complexity index is 818. The van der Waals surface area contributed by atoms with Gasteiger partial charge in [-0.05, 0) is 39.7 Å². The number of halogens is 1. The van der Waals surface area contributed by atoms with Crippen molar-refractivity contribution in [1.82, 2.24) is 5.32 Å². The van der Waals surface area contributed by atoms with E-state index in [1.807, 2.05) is 12.1 Å². The normalized spacial score (nSPS) is 9.92. The van der Waals surface area contributed by atoms with Crippen molar-refractivity contribution in [2.24, 2.45) is 0 Å². The second-order valence-electron chi connectivity index (χ2n) is 5.32. The highest BCUT2D eigenvalue weighted by Gasteiger charge is 2.11. The number of nitrogens with one attached hydrogen (secondary N) is 1. The molecule has 0 aliphatic carbocycles. The lowest BCUT2D eigenvalue weighted by Gasteiger charge is -2.13. The van der Waals surface area contributed by atoms with Crippen molar-refractivity contribution in [3.63, 3.8) is 0 Å². The fourth-order valence-corrected chi connectivity index (χ4v) is 2.84. The van der Waals surface area contributed by atoms with Gasteiger partial charge in [0.15, 0.2) is 18.1 Å². The molecule has 0 bridgehead atoms. The number of nitriles is 1. The highest BCUT2D eigenvalue weighted by molar-refractivity contribution is 9.10. The minimum atomic E-state index is -0.265. The van der Waals surface area contributed by atoms with E-state index in [-0.39, 0.29) is 18.9 Å². The Labute approximate surface area is 160 Å². The first kappa shape index (κ1) is 19.6.